The molecule has 0 radical (unpaired) electrons. The van der Waals surface area contributed by atoms with E-state index in [0.29, 0.717) is 18.8 Å². The number of nitrogens with zero attached hydrogens (tertiary/aromatic N) is 1. The number of carbonyl (C=O) groups is 3. The van der Waals surface area contributed by atoms with Crippen molar-refractivity contribution in [3.05, 3.63) is 30.3 Å². The van der Waals surface area contributed by atoms with E-state index in [1.807, 2.05) is 19.9 Å². The average molecular weight is 364 g/mol. The molecule has 1 aromatic rings. The summed E-state index contributed by atoms with van der Waals surface area (Å²) < 4.78 is 5.38. The fourth-order valence-electron chi connectivity index (χ4n) is 2.52. The summed E-state index contributed by atoms with van der Waals surface area (Å²) in [5.41, 5.74) is 0. The molecule has 26 heavy (non-hydrogen) atoms. The van der Waals surface area contributed by atoms with E-state index in [4.69, 9.17) is 9.84 Å². The van der Waals surface area contributed by atoms with Crippen LogP contribution < -0.4 is 10.1 Å². The Balaban J connectivity index is 2.69. The fourth-order valence-corrected chi connectivity index (χ4v) is 2.52. The van der Waals surface area contributed by atoms with Crippen LogP contribution in [0.2, 0.25) is 0 Å². The van der Waals surface area contributed by atoms with Crippen LogP contribution in [0.5, 0.6) is 5.75 Å². The van der Waals surface area contributed by atoms with Crippen molar-refractivity contribution in [2.24, 2.45) is 0 Å². The van der Waals surface area contributed by atoms with Crippen LogP contribution in [0.4, 0.5) is 0 Å². The third-order valence-corrected chi connectivity index (χ3v) is 3.69. The molecule has 2 amide bonds. The Labute approximate surface area is 154 Å². The fraction of sp³-hybridized carbons (Fsp3) is 0.526. The van der Waals surface area contributed by atoms with Gasteiger partial charge in [-0.25, -0.2) is 0 Å². The molecule has 0 saturated carbocycles. The third kappa shape index (κ3) is 8.00. The van der Waals surface area contributed by atoms with Crippen LogP contribution in [-0.4, -0.2) is 53.5 Å². The van der Waals surface area contributed by atoms with Crippen molar-refractivity contribution in [3.63, 3.8) is 0 Å². The number of carboxylic acids is 1. The lowest BCUT2D eigenvalue weighted by atomic mass is 10.1. The van der Waals surface area contributed by atoms with Gasteiger partial charge in [0.05, 0.1) is 0 Å². The number of ether oxygens (including phenoxy) is 1. The van der Waals surface area contributed by atoms with Gasteiger partial charge in [-0.05, 0) is 31.4 Å². The molecule has 0 fully saturated rings. The maximum Gasteiger partial charge on any atom is 0.303 e. The zero-order chi connectivity index (χ0) is 19.4. The minimum Gasteiger partial charge on any atom is -0.484 e. The predicted octanol–water partition coefficient (Wildman–Crippen LogP) is 2.06. The van der Waals surface area contributed by atoms with Crippen LogP contribution in [0.3, 0.4) is 0 Å². The van der Waals surface area contributed by atoms with Crippen LogP contribution in [0.25, 0.3) is 0 Å². The summed E-state index contributed by atoms with van der Waals surface area (Å²) in [6, 6.07) is 8.01. The van der Waals surface area contributed by atoms with Crippen molar-refractivity contribution in [1.82, 2.24) is 10.2 Å². The summed E-state index contributed by atoms with van der Waals surface area (Å²) in [6.45, 7) is 4.85. The Morgan fingerprint density at radius 2 is 1.73 bits per heavy atom. The van der Waals surface area contributed by atoms with Crippen molar-refractivity contribution in [1.29, 1.82) is 0 Å². The lowest BCUT2D eigenvalue weighted by Crippen LogP contribution is -2.50. The standard InChI is InChI=1S/C19H28N2O5/c1-3-12-21(13-4-2)19(25)16(10-11-18(23)24)20-17(22)14-26-15-8-6-5-7-9-15/h5-9,16H,3-4,10-14H2,1-2H3,(H,20,22)(H,23,24). The second kappa shape index (κ2) is 11.9. The first-order chi connectivity index (χ1) is 12.5. The molecule has 2 N–H and O–H groups in total. The molecule has 144 valence electrons. The lowest BCUT2D eigenvalue weighted by Gasteiger charge is -2.27. The van der Waals surface area contributed by atoms with E-state index in [1.54, 1.807) is 29.2 Å². The Morgan fingerprint density at radius 3 is 2.27 bits per heavy atom. The molecule has 0 spiro atoms. The van der Waals surface area contributed by atoms with E-state index in [9.17, 15) is 14.4 Å². The normalized spacial score (nSPS) is 11.5. The van der Waals surface area contributed by atoms with Crippen molar-refractivity contribution >= 4 is 17.8 Å². The van der Waals surface area contributed by atoms with Gasteiger partial charge in [-0.3, -0.25) is 14.4 Å². The van der Waals surface area contributed by atoms with Gasteiger partial charge < -0.3 is 20.1 Å². The first kappa shape index (κ1) is 21.5. The lowest BCUT2D eigenvalue weighted by molar-refractivity contribution is -0.139. The highest BCUT2D eigenvalue weighted by molar-refractivity contribution is 5.88. The molecular weight excluding hydrogens is 336 g/mol. The molecule has 0 aliphatic rings. The second-order valence-corrected chi connectivity index (χ2v) is 5.98. The van der Waals surface area contributed by atoms with Crippen LogP contribution >= 0.6 is 0 Å². The van der Waals surface area contributed by atoms with Crippen molar-refractivity contribution in [2.45, 2.75) is 45.6 Å². The smallest absolute Gasteiger partial charge is 0.303 e. The summed E-state index contributed by atoms with van der Waals surface area (Å²) in [4.78, 5) is 37.4. The summed E-state index contributed by atoms with van der Waals surface area (Å²) in [5, 5.41) is 11.5. The maximum atomic E-state index is 12.7. The Hall–Kier alpha value is -2.57. The minimum atomic E-state index is -1.00. The molecular formula is C19H28N2O5. The number of aliphatic carboxylic acids is 1. The van der Waals surface area contributed by atoms with Gasteiger partial charge in [0.25, 0.3) is 5.91 Å². The number of para-hydroxylation sites is 1. The van der Waals surface area contributed by atoms with Crippen LogP contribution in [0.1, 0.15) is 39.5 Å². The zero-order valence-corrected chi connectivity index (χ0v) is 15.4. The van der Waals surface area contributed by atoms with Crippen LogP contribution in [-0.2, 0) is 14.4 Å². The van der Waals surface area contributed by atoms with Crippen molar-refractivity contribution in [3.8, 4) is 5.75 Å². The minimum absolute atomic E-state index is 0.0508. The Morgan fingerprint density at radius 1 is 1.12 bits per heavy atom. The molecule has 7 heteroatoms. The molecule has 1 unspecified atom stereocenters. The third-order valence-electron chi connectivity index (χ3n) is 3.69. The first-order valence-corrected chi connectivity index (χ1v) is 8.95. The Kier molecular flexibility index (Phi) is 9.82. The van der Waals surface area contributed by atoms with Gasteiger partial charge in [0.1, 0.15) is 11.8 Å². The van der Waals surface area contributed by atoms with Gasteiger partial charge in [-0.2, -0.15) is 0 Å². The highest BCUT2D eigenvalue weighted by Gasteiger charge is 2.26. The number of benzene rings is 1. The van der Waals surface area contributed by atoms with Gasteiger partial charge in [0, 0.05) is 19.5 Å². The molecule has 7 nitrogen and oxygen atoms in total. The molecule has 0 saturated heterocycles. The zero-order valence-electron chi connectivity index (χ0n) is 15.4. The number of nitrogens with one attached hydrogen (secondary N) is 1. The first-order valence-electron chi connectivity index (χ1n) is 8.95. The highest BCUT2D eigenvalue weighted by atomic mass is 16.5. The van der Waals surface area contributed by atoms with E-state index < -0.39 is 17.9 Å². The molecule has 0 bridgehead atoms. The van der Waals surface area contributed by atoms with Crippen molar-refractivity contribution in [2.75, 3.05) is 19.7 Å². The average Bonchev–Trinajstić information content (AvgIpc) is 2.63. The highest BCUT2D eigenvalue weighted by Crippen LogP contribution is 2.09. The molecule has 0 aliphatic carbocycles. The number of carboxylic acid groups (broad SMARTS) is 1. The maximum absolute atomic E-state index is 12.7. The van der Waals surface area contributed by atoms with Gasteiger partial charge >= 0.3 is 5.97 Å². The summed E-state index contributed by atoms with van der Waals surface area (Å²) in [7, 11) is 0. The largest absolute Gasteiger partial charge is 0.484 e. The van der Waals surface area contributed by atoms with Crippen molar-refractivity contribution < 1.29 is 24.2 Å². The Bertz CT molecular complexity index is 571. The number of hydrogen-bond donors (Lipinski definition) is 2. The van der Waals surface area contributed by atoms with Gasteiger partial charge in [0.2, 0.25) is 5.91 Å². The quantitative estimate of drug-likeness (QED) is 0.592. The van der Waals surface area contributed by atoms with Crippen LogP contribution in [0.15, 0.2) is 30.3 Å². The molecule has 1 aromatic carbocycles. The molecule has 0 aliphatic heterocycles. The van der Waals surface area contributed by atoms with E-state index in [0.717, 1.165) is 12.8 Å². The number of amides is 2. The number of rotatable bonds is 12. The summed E-state index contributed by atoms with van der Waals surface area (Å²) >= 11 is 0. The van der Waals surface area contributed by atoms with Crippen LogP contribution in [0, 0.1) is 0 Å². The molecule has 0 heterocycles. The second-order valence-electron chi connectivity index (χ2n) is 5.98. The molecule has 1 rings (SSSR count). The van der Waals surface area contributed by atoms with Gasteiger partial charge in [-0.1, -0.05) is 32.0 Å². The summed E-state index contributed by atoms with van der Waals surface area (Å²) in [5.74, 6) is -1.15. The monoisotopic (exact) mass is 364 g/mol. The van der Waals surface area contributed by atoms with E-state index >= 15 is 0 Å². The van der Waals surface area contributed by atoms with E-state index in [2.05, 4.69) is 5.32 Å². The van der Waals surface area contributed by atoms with E-state index in [1.165, 1.54) is 0 Å². The topological polar surface area (TPSA) is 95.9 Å². The predicted molar refractivity (Wildman–Crippen MR) is 97.9 cm³/mol. The summed E-state index contributed by atoms with van der Waals surface area (Å²) in [6.07, 6.45) is 1.45. The van der Waals surface area contributed by atoms with Gasteiger partial charge in [-0.15, -0.1) is 0 Å². The van der Waals surface area contributed by atoms with Gasteiger partial charge in [0.15, 0.2) is 6.61 Å². The molecule has 0 aromatic heterocycles. The molecule has 1 atom stereocenters. The number of carbonyl (C=O) groups excluding carboxylic acids is 2. The number of hydrogen-bond acceptors (Lipinski definition) is 4. The van der Waals surface area contributed by atoms with E-state index in [-0.39, 0.29) is 25.4 Å². The SMILES string of the molecule is CCCN(CCC)C(=O)C(CCC(=O)O)NC(=O)COc1ccccc1.